The number of pyridine rings is 1. The molecule has 5 aromatic rings. The number of thiazole rings is 1. The SMILES string of the molecule is O=C(Nc1nc(-c2ccc[nH]2)cs1)c1ccc(OCc2cn3ccccc3n2)cc1. The Morgan fingerprint density at radius 1 is 1.10 bits per heavy atom. The van der Waals surface area contributed by atoms with Gasteiger partial charge in [-0.3, -0.25) is 10.1 Å². The average molecular weight is 415 g/mol. The summed E-state index contributed by atoms with van der Waals surface area (Å²) in [4.78, 5) is 24.5. The number of aromatic amines is 1. The van der Waals surface area contributed by atoms with Crippen LogP contribution in [0.15, 0.2) is 78.6 Å². The van der Waals surface area contributed by atoms with Crippen molar-refractivity contribution in [2.75, 3.05) is 5.32 Å². The second-order valence-corrected chi connectivity index (χ2v) is 7.45. The molecule has 0 bridgehead atoms. The largest absolute Gasteiger partial charge is 0.487 e. The molecule has 8 heteroatoms. The average Bonchev–Trinajstić information content (AvgIpc) is 3.52. The van der Waals surface area contributed by atoms with E-state index in [1.807, 2.05) is 58.7 Å². The van der Waals surface area contributed by atoms with Crippen molar-refractivity contribution in [2.45, 2.75) is 6.61 Å². The number of carbonyl (C=O) groups is 1. The summed E-state index contributed by atoms with van der Waals surface area (Å²) in [7, 11) is 0. The zero-order chi connectivity index (χ0) is 20.3. The first-order valence-electron chi connectivity index (χ1n) is 9.31. The summed E-state index contributed by atoms with van der Waals surface area (Å²) in [5.74, 6) is 0.459. The molecule has 2 N–H and O–H groups in total. The van der Waals surface area contributed by atoms with Crippen molar-refractivity contribution < 1.29 is 9.53 Å². The fourth-order valence-corrected chi connectivity index (χ4v) is 3.74. The minimum Gasteiger partial charge on any atom is -0.487 e. The summed E-state index contributed by atoms with van der Waals surface area (Å²) in [6, 6.07) is 16.7. The molecule has 1 aromatic carbocycles. The third-order valence-corrected chi connectivity index (χ3v) is 5.27. The second kappa shape index (κ2) is 7.84. The highest BCUT2D eigenvalue weighted by molar-refractivity contribution is 7.14. The molecule has 7 nitrogen and oxygen atoms in total. The lowest BCUT2D eigenvalue weighted by Crippen LogP contribution is -2.11. The van der Waals surface area contributed by atoms with E-state index in [-0.39, 0.29) is 5.91 Å². The summed E-state index contributed by atoms with van der Waals surface area (Å²) < 4.78 is 7.75. The number of nitrogens with one attached hydrogen (secondary N) is 2. The first kappa shape index (κ1) is 18.1. The van der Waals surface area contributed by atoms with Gasteiger partial charge in [0.25, 0.3) is 5.91 Å². The second-order valence-electron chi connectivity index (χ2n) is 6.59. The van der Waals surface area contributed by atoms with Gasteiger partial charge in [-0.2, -0.15) is 0 Å². The van der Waals surface area contributed by atoms with Gasteiger partial charge in [-0.15, -0.1) is 11.3 Å². The molecule has 0 fully saturated rings. The number of carbonyl (C=O) groups excluding carboxylic acids is 1. The number of H-pyrrole nitrogens is 1. The number of anilines is 1. The van der Waals surface area contributed by atoms with Gasteiger partial charge >= 0.3 is 0 Å². The molecule has 0 aliphatic rings. The fraction of sp³-hybridized carbons (Fsp3) is 0.0455. The first-order chi connectivity index (χ1) is 14.7. The van der Waals surface area contributed by atoms with Crippen molar-refractivity contribution in [1.29, 1.82) is 0 Å². The predicted octanol–water partition coefficient (Wildman–Crippen LogP) is 4.62. The van der Waals surface area contributed by atoms with E-state index in [9.17, 15) is 4.79 Å². The summed E-state index contributed by atoms with van der Waals surface area (Å²) in [5.41, 5.74) is 3.97. The Kier molecular flexibility index (Phi) is 4.74. The highest BCUT2D eigenvalue weighted by Crippen LogP contribution is 2.24. The monoisotopic (exact) mass is 415 g/mol. The van der Waals surface area contributed by atoms with Crippen LogP contribution in [0.2, 0.25) is 0 Å². The fourth-order valence-electron chi connectivity index (χ4n) is 3.03. The van der Waals surface area contributed by atoms with Crippen molar-refractivity contribution in [3.63, 3.8) is 0 Å². The van der Waals surface area contributed by atoms with E-state index in [4.69, 9.17) is 4.74 Å². The summed E-state index contributed by atoms with van der Waals surface area (Å²) >= 11 is 1.38. The quantitative estimate of drug-likeness (QED) is 0.424. The molecule has 0 saturated carbocycles. The van der Waals surface area contributed by atoms with Crippen molar-refractivity contribution in [3.05, 3.63) is 89.8 Å². The molecular formula is C22H17N5O2S. The van der Waals surface area contributed by atoms with E-state index < -0.39 is 0 Å². The Morgan fingerprint density at radius 3 is 2.80 bits per heavy atom. The van der Waals surface area contributed by atoms with Crippen molar-refractivity contribution in [1.82, 2.24) is 19.4 Å². The van der Waals surface area contributed by atoms with E-state index in [1.54, 1.807) is 24.3 Å². The lowest BCUT2D eigenvalue weighted by atomic mass is 10.2. The standard InChI is InChI=1S/C22H17N5O2S/c28-21(26-22-25-19(14-30-22)18-4-3-10-23-18)15-6-8-17(9-7-15)29-13-16-12-27-11-2-1-5-20(27)24-16/h1-12,14,23H,13H2,(H,25,26,28). The third-order valence-electron chi connectivity index (χ3n) is 4.52. The van der Waals surface area contributed by atoms with E-state index in [0.29, 0.717) is 23.1 Å². The Balaban J connectivity index is 1.20. The highest BCUT2D eigenvalue weighted by atomic mass is 32.1. The van der Waals surface area contributed by atoms with E-state index in [2.05, 4.69) is 20.3 Å². The molecule has 0 radical (unpaired) electrons. The first-order valence-corrected chi connectivity index (χ1v) is 10.2. The minimum absolute atomic E-state index is 0.214. The van der Waals surface area contributed by atoms with E-state index in [0.717, 1.165) is 22.7 Å². The van der Waals surface area contributed by atoms with E-state index in [1.165, 1.54) is 11.3 Å². The number of hydrogen-bond acceptors (Lipinski definition) is 5. The number of hydrogen-bond donors (Lipinski definition) is 2. The number of aromatic nitrogens is 4. The van der Waals surface area contributed by atoms with Crippen molar-refractivity contribution >= 4 is 28.0 Å². The van der Waals surface area contributed by atoms with Gasteiger partial charge in [0, 0.05) is 29.5 Å². The highest BCUT2D eigenvalue weighted by Gasteiger charge is 2.11. The summed E-state index contributed by atoms with van der Waals surface area (Å²) in [5, 5.41) is 5.29. The number of fused-ring (bicyclic) bond motifs is 1. The normalized spacial score (nSPS) is 10.9. The van der Waals surface area contributed by atoms with Crippen LogP contribution in [0.25, 0.3) is 17.0 Å². The molecule has 1 amide bonds. The Morgan fingerprint density at radius 2 is 2.00 bits per heavy atom. The number of nitrogens with zero attached hydrogens (tertiary/aromatic N) is 3. The molecule has 0 unspecified atom stereocenters. The summed E-state index contributed by atoms with van der Waals surface area (Å²) in [6.07, 6.45) is 5.72. The van der Waals surface area contributed by atoms with Crippen LogP contribution in [-0.4, -0.2) is 25.3 Å². The number of imidazole rings is 1. The van der Waals surface area contributed by atoms with Gasteiger partial charge in [0.2, 0.25) is 0 Å². The maximum Gasteiger partial charge on any atom is 0.257 e. The number of amides is 1. The number of rotatable bonds is 6. The van der Waals surface area contributed by atoms with Crippen molar-refractivity contribution in [2.24, 2.45) is 0 Å². The zero-order valence-corrected chi connectivity index (χ0v) is 16.6. The molecule has 0 atom stereocenters. The Bertz CT molecular complexity index is 1260. The van der Waals surface area contributed by atoms with Crippen LogP contribution in [0.5, 0.6) is 5.75 Å². The van der Waals surface area contributed by atoms with Crippen LogP contribution in [-0.2, 0) is 6.61 Å². The predicted molar refractivity (Wildman–Crippen MR) is 116 cm³/mol. The van der Waals surface area contributed by atoms with Crippen molar-refractivity contribution in [3.8, 4) is 17.1 Å². The molecule has 0 saturated heterocycles. The van der Waals surface area contributed by atoms with Gasteiger partial charge in [0.15, 0.2) is 5.13 Å². The molecule has 4 heterocycles. The van der Waals surface area contributed by atoms with Crippen LogP contribution in [0, 0.1) is 0 Å². The number of ether oxygens (including phenoxy) is 1. The van der Waals surface area contributed by atoms with Gasteiger partial charge in [-0.25, -0.2) is 9.97 Å². The molecule has 4 aromatic heterocycles. The maximum atomic E-state index is 12.5. The molecule has 0 aliphatic heterocycles. The molecular weight excluding hydrogens is 398 g/mol. The smallest absolute Gasteiger partial charge is 0.257 e. The Labute approximate surface area is 176 Å². The van der Waals surface area contributed by atoms with Crippen LogP contribution in [0.1, 0.15) is 16.1 Å². The topological polar surface area (TPSA) is 84.3 Å². The van der Waals surface area contributed by atoms with Gasteiger partial charge in [-0.05, 0) is 48.5 Å². The van der Waals surface area contributed by atoms with Gasteiger partial charge in [-0.1, -0.05) is 6.07 Å². The lowest BCUT2D eigenvalue weighted by molar-refractivity contribution is 0.102. The Hall–Kier alpha value is -3.91. The third kappa shape index (κ3) is 3.81. The van der Waals surface area contributed by atoms with Crippen LogP contribution in [0.3, 0.4) is 0 Å². The lowest BCUT2D eigenvalue weighted by Gasteiger charge is -2.06. The molecule has 5 rings (SSSR count). The molecule has 148 valence electrons. The van der Waals surface area contributed by atoms with Crippen LogP contribution < -0.4 is 10.1 Å². The van der Waals surface area contributed by atoms with Gasteiger partial charge in [0.1, 0.15) is 18.0 Å². The molecule has 0 spiro atoms. The van der Waals surface area contributed by atoms with Crippen LogP contribution >= 0.6 is 11.3 Å². The van der Waals surface area contributed by atoms with Gasteiger partial charge < -0.3 is 14.1 Å². The maximum absolute atomic E-state index is 12.5. The summed E-state index contributed by atoms with van der Waals surface area (Å²) in [6.45, 7) is 0.355. The number of benzene rings is 1. The minimum atomic E-state index is -0.214. The van der Waals surface area contributed by atoms with Gasteiger partial charge in [0.05, 0.1) is 17.1 Å². The molecule has 0 aliphatic carbocycles. The van der Waals surface area contributed by atoms with E-state index >= 15 is 0 Å². The van der Waals surface area contributed by atoms with Crippen LogP contribution in [0.4, 0.5) is 5.13 Å². The molecule has 30 heavy (non-hydrogen) atoms. The zero-order valence-electron chi connectivity index (χ0n) is 15.8.